The Morgan fingerprint density at radius 3 is 2.92 bits per heavy atom. The molecule has 1 saturated carbocycles. The molecule has 1 saturated heterocycles. The van der Waals surface area contributed by atoms with Gasteiger partial charge in [-0.2, -0.15) is 5.10 Å². The lowest BCUT2D eigenvalue weighted by Crippen LogP contribution is -2.34. The van der Waals surface area contributed by atoms with Crippen molar-refractivity contribution >= 4 is 5.91 Å². The Balaban J connectivity index is 1.54. The van der Waals surface area contributed by atoms with Gasteiger partial charge in [-0.15, -0.1) is 10.2 Å². The normalized spacial score (nSPS) is 21.4. The van der Waals surface area contributed by atoms with Crippen LogP contribution in [0.25, 0.3) is 0 Å². The highest BCUT2D eigenvalue weighted by Crippen LogP contribution is 2.39. The molecule has 0 radical (unpaired) electrons. The SMILES string of the molecule is CN(C)C(=O)c1cn[nH]c1C1CCCCN1Cc1nnc(C2CC2)o1. The number of rotatable bonds is 5. The highest BCUT2D eigenvalue weighted by atomic mass is 16.4. The predicted octanol–water partition coefficient (Wildman–Crippen LogP) is 2.10. The zero-order chi connectivity index (χ0) is 17.4. The number of amides is 1. The number of aromatic nitrogens is 4. The van der Waals surface area contributed by atoms with Gasteiger partial charge in [0.05, 0.1) is 30.0 Å². The van der Waals surface area contributed by atoms with E-state index in [-0.39, 0.29) is 11.9 Å². The predicted molar refractivity (Wildman–Crippen MR) is 89.9 cm³/mol. The van der Waals surface area contributed by atoms with E-state index in [2.05, 4.69) is 25.3 Å². The standard InChI is InChI=1S/C17H24N6O2/c1-22(2)17(24)12-9-18-20-15(12)13-5-3-4-8-23(13)10-14-19-21-16(25-14)11-6-7-11/h9,11,13H,3-8,10H2,1-2H3,(H,18,20). The molecule has 1 aliphatic heterocycles. The molecule has 2 fully saturated rings. The van der Waals surface area contributed by atoms with Crippen LogP contribution in [0.4, 0.5) is 0 Å². The van der Waals surface area contributed by atoms with E-state index in [9.17, 15) is 4.79 Å². The van der Waals surface area contributed by atoms with Gasteiger partial charge in [-0.3, -0.25) is 14.8 Å². The Morgan fingerprint density at radius 2 is 2.16 bits per heavy atom. The van der Waals surface area contributed by atoms with Crippen LogP contribution in [0.5, 0.6) is 0 Å². The summed E-state index contributed by atoms with van der Waals surface area (Å²) >= 11 is 0. The third-order valence-corrected chi connectivity index (χ3v) is 5.00. The summed E-state index contributed by atoms with van der Waals surface area (Å²) in [6.45, 7) is 1.55. The smallest absolute Gasteiger partial charge is 0.256 e. The third kappa shape index (κ3) is 3.30. The molecule has 0 spiro atoms. The fraction of sp³-hybridized carbons (Fsp3) is 0.647. The van der Waals surface area contributed by atoms with Crippen molar-refractivity contribution in [3.63, 3.8) is 0 Å². The van der Waals surface area contributed by atoms with E-state index in [1.54, 1.807) is 25.2 Å². The molecule has 0 bridgehead atoms. The third-order valence-electron chi connectivity index (χ3n) is 5.00. The maximum absolute atomic E-state index is 12.4. The molecule has 1 N–H and O–H groups in total. The van der Waals surface area contributed by atoms with Crippen molar-refractivity contribution < 1.29 is 9.21 Å². The van der Waals surface area contributed by atoms with Gasteiger partial charge in [0.25, 0.3) is 5.91 Å². The molecule has 1 amide bonds. The number of H-pyrrole nitrogens is 1. The molecule has 1 atom stereocenters. The second kappa shape index (κ2) is 6.59. The fourth-order valence-corrected chi connectivity index (χ4v) is 3.47. The topological polar surface area (TPSA) is 91.2 Å². The van der Waals surface area contributed by atoms with Gasteiger partial charge in [0, 0.05) is 20.0 Å². The summed E-state index contributed by atoms with van der Waals surface area (Å²) in [5.41, 5.74) is 1.53. The summed E-state index contributed by atoms with van der Waals surface area (Å²) in [6, 6.07) is 0.117. The molecule has 134 valence electrons. The lowest BCUT2D eigenvalue weighted by atomic mass is 9.96. The van der Waals surface area contributed by atoms with Crippen LogP contribution in [0.1, 0.15) is 71.9 Å². The van der Waals surface area contributed by atoms with Gasteiger partial charge in [-0.1, -0.05) is 6.42 Å². The summed E-state index contributed by atoms with van der Waals surface area (Å²) in [5, 5.41) is 15.6. The van der Waals surface area contributed by atoms with Gasteiger partial charge in [0.2, 0.25) is 11.8 Å². The minimum atomic E-state index is -0.0249. The molecule has 2 aromatic rings. The number of carbonyl (C=O) groups excluding carboxylic acids is 1. The van der Waals surface area contributed by atoms with Crippen molar-refractivity contribution in [2.24, 2.45) is 0 Å². The largest absolute Gasteiger partial charge is 0.424 e. The number of hydrogen-bond donors (Lipinski definition) is 1. The van der Waals surface area contributed by atoms with E-state index in [0.717, 1.165) is 50.2 Å². The zero-order valence-corrected chi connectivity index (χ0v) is 14.7. The average Bonchev–Trinajstić information content (AvgIpc) is 3.16. The number of likely N-dealkylation sites (tertiary alicyclic amines) is 1. The van der Waals surface area contributed by atoms with E-state index in [0.29, 0.717) is 23.9 Å². The number of nitrogens with one attached hydrogen (secondary N) is 1. The Labute approximate surface area is 146 Å². The second-order valence-corrected chi connectivity index (χ2v) is 7.19. The lowest BCUT2D eigenvalue weighted by Gasteiger charge is -2.34. The van der Waals surface area contributed by atoms with E-state index >= 15 is 0 Å². The van der Waals surface area contributed by atoms with Crippen molar-refractivity contribution in [2.75, 3.05) is 20.6 Å². The Bertz CT molecular complexity index is 748. The highest BCUT2D eigenvalue weighted by Gasteiger charge is 2.32. The number of aromatic amines is 1. The molecule has 8 heteroatoms. The summed E-state index contributed by atoms with van der Waals surface area (Å²) in [5.74, 6) is 1.88. The van der Waals surface area contributed by atoms with Crippen LogP contribution in [-0.4, -0.2) is 56.7 Å². The van der Waals surface area contributed by atoms with Crippen LogP contribution in [-0.2, 0) is 6.54 Å². The van der Waals surface area contributed by atoms with E-state index in [1.165, 1.54) is 0 Å². The minimum absolute atomic E-state index is 0.0249. The number of nitrogens with zero attached hydrogens (tertiary/aromatic N) is 5. The zero-order valence-electron chi connectivity index (χ0n) is 14.7. The first-order valence-electron chi connectivity index (χ1n) is 8.94. The summed E-state index contributed by atoms with van der Waals surface area (Å²) in [6.07, 6.45) is 7.18. The first kappa shape index (κ1) is 16.3. The molecule has 2 aliphatic rings. The van der Waals surface area contributed by atoms with Crippen molar-refractivity contribution in [1.29, 1.82) is 0 Å². The molecule has 1 aliphatic carbocycles. The van der Waals surface area contributed by atoms with E-state index in [1.807, 2.05) is 0 Å². The molecular weight excluding hydrogens is 320 g/mol. The molecule has 25 heavy (non-hydrogen) atoms. The van der Waals surface area contributed by atoms with Crippen molar-refractivity contribution in [1.82, 2.24) is 30.2 Å². The fourth-order valence-electron chi connectivity index (χ4n) is 3.47. The monoisotopic (exact) mass is 344 g/mol. The van der Waals surface area contributed by atoms with Gasteiger partial charge in [-0.25, -0.2) is 0 Å². The summed E-state index contributed by atoms with van der Waals surface area (Å²) in [4.78, 5) is 16.3. The molecule has 0 aromatic carbocycles. The Hall–Kier alpha value is -2.22. The first-order chi connectivity index (χ1) is 12.1. The van der Waals surface area contributed by atoms with Crippen LogP contribution >= 0.6 is 0 Å². The Morgan fingerprint density at radius 1 is 1.32 bits per heavy atom. The van der Waals surface area contributed by atoms with Crippen LogP contribution in [0.2, 0.25) is 0 Å². The van der Waals surface area contributed by atoms with Crippen molar-refractivity contribution in [3.8, 4) is 0 Å². The first-order valence-corrected chi connectivity index (χ1v) is 8.94. The number of piperidine rings is 1. The quantitative estimate of drug-likeness (QED) is 0.893. The molecule has 3 heterocycles. The molecule has 1 unspecified atom stereocenters. The van der Waals surface area contributed by atoms with Crippen LogP contribution in [0, 0.1) is 0 Å². The maximum atomic E-state index is 12.4. The van der Waals surface area contributed by atoms with Crippen molar-refractivity contribution in [2.45, 2.75) is 50.6 Å². The van der Waals surface area contributed by atoms with Gasteiger partial charge in [0.15, 0.2) is 0 Å². The number of carbonyl (C=O) groups is 1. The molecule has 8 nitrogen and oxygen atoms in total. The Kier molecular flexibility index (Phi) is 4.29. The van der Waals surface area contributed by atoms with Gasteiger partial charge < -0.3 is 9.32 Å². The van der Waals surface area contributed by atoms with Crippen molar-refractivity contribution in [3.05, 3.63) is 29.2 Å². The number of hydrogen-bond acceptors (Lipinski definition) is 6. The summed E-state index contributed by atoms with van der Waals surface area (Å²) in [7, 11) is 3.52. The van der Waals surface area contributed by atoms with E-state index < -0.39 is 0 Å². The maximum Gasteiger partial charge on any atom is 0.256 e. The van der Waals surface area contributed by atoms with Crippen LogP contribution in [0.3, 0.4) is 0 Å². The van der Waals surface area contributed by atoms with E-state index in [4.69, 9.17) is 4.42 Å². The van der Waals surface area contributed by atoms with Crippen LogP contribution in [0.15, 0.2) is 10.6 Å². The summed E-state index contributed by atoms with van der Waals surface area (Å²) < 4.78 is 5.83. The average molecular weight is 344 g/mol. The van der Waals surface area contributed by atoms with Gasteiger partial charge in [-0.05, 0) is 32.2 Å². The minimum Gasteiger partial charge on any atom is -0.424 e. The highest BCUT2D eigenvalue weighted by molar-refractivity contribution is 5.94. The lowest BCUT2D eigenvalue weighted by molar-refractivity contribution is 0.0817. The van der Waals surface area contributed by atoms with Crippen LogP contribution < -0.4 is 0 Å². The second-order valence-electron chi connectivity index (χ2n) is 7.19. The van der Waals surface area contributed by atoms with Gasteiger partial charge >= 0.3 is 0 Å². The van der Waals surface area contributed by atoms with Gasteiger partial charge in [0.1, 0.15) is 0 Å². The molecular formula is C17H24N6O2. The molecule has 2 aromatic heterocycles. The molecule has 4 rings (SSSR count).